The molecule has 6 heteroatoms. The maximum absolute atomic E-state index is 6.15. The molecule has 4 nitrogen and oxygen atoms in total. The zero-order chi connectivity index (χ0) is 31.8. The molecule has 7 aromatic rings. The number of imidazole rings is 1. The smallest absolute Gasteiger partial charge is 0.120 e. The molecule has 1 radical (unpaired) electrons. The molecule has 46 heavy (non-hydrogen) atoms. The van der Waals surface area contributed by atoms with Gasteiger partial charge in [0.25, 0.3) is 0 Å². The normalized spacial score (nSPS) is 11.8. The maximum Gasteiger partial charge on any atom is 0.120 e. The SMILES string of the molecule is CC(C)(C)Cc1cc(-c2[c-]cccc2)ncc1[Si](C)(C)C.CCn1c(-c2[c-]ccc3c2oc2ccccc23)nc2ccccc21.[Ir]. The third-order valence-electron chi connectivity index (χ3n) is 8.04. The summed E-state index contributed by atoms with van der Waals surface area (Å²) in [7, 11) is -1.37. The Balaban J connectivity index is 0.000000179. The fourth-order valence-electron chi connectivity index (χ4n) is 6.03. The molecule has 3 heterocycles. The van der Waals surface area contributed by atoms with Crippen LogP contribution in [0.2, 0.25) is 19.6 Å². The molecule has 0 spiro atoms. The minimum atomic E-state index is -1.37. The zero-order valence-corrected chi connectivity index (χ0v) is 31.1. The summed E-state index contributed by atoms with van der Waals surface area (Å²) in [6, 6.07) is 37.3. The van der Waals surface area contributed by atoms with Gasteiger partial charge in [-0.25, -0.2) is 0 Å². The Labute approximate surface area is 287 Å². The van der Waals surface area contributed by atoms with Gasteiger partial charge in [0.05, 0.1) is 30.5 Å². The molecule has 0 amide bonds. The molecular weight excluding hydrogens is 759 g/mol. The first-order chi connectivity index (χ1) is 21.5. The largest absolute Gasteiger partial charge is 0.501 e. The van der Waals surface area contributed by atoms with Crippen molar-refractivity contribution in [3.05, 3.63) is 115 Å². The van der Waals surface area contributed by atoms with E-state index in [9.17, 15) is 0 Å². The van der Waals surface area contributed by atoms with Crippen LogP contribution in [0.15, 0.2) is 102 Å². The van der Waals surface area contributed by atoms with E-state index in [2.05, 4.69) is 101 Å². The van der Waals surface area contributed by atoms with Gasteiger partial charge in [0.15, 0.2) is 0 Å². The average molecular weight is 800 g/mol. The number of benzene rings is 4. The van der Waals surface area contributed by atoms with E-state index in [1.54, 1.807) is 0 Å². The molecule has 4 aromatic carbocycles. The zero-order valence-electron chi connectivity index (χ0n) is 27.7. The minimum absolute atomic E-state index is 0. The quantitative estimate of drug-likeness (QED) is 0.129. The molecule has 237 valence electrons. The first-order valence-electron chi connectivity index (χ1n) is 15.8. The van der Waals surface area contributed by atoms with Crippen LogP contribution in [0.4, 0.5) is 0 Å². The third kappa shape index (κ3) is 6.95. The van der Waals surface area contributed by atoms with Crippen LogP contribution in [0.25, 0.3) is 55.6 Å². The number of fused-ring (bicyclic) bond motifs is 4. The van der Waals surface area contributed by atoms with Crippen molar-refractivity contribution in [2.45, 2.75) is 60.3 Å². The number of aryl methyl sites for hydroxylation is 1. The van der Waals surface area contributed by atoms with Crippen LogP contribution in [0.1, 0.15) is 33.3 Å². The van der Waals surface area contributed by atoms with Gasteiger partial charge in [0.1, 0.15) is 5.58 Å². The standard InChI is InChI=1S/C21H15N2O.C19H26NSi.Ir/c1-2-23-18-12-5-4-11-17(18)22-21(23)16-10-7-9-15-14-8-3-6-13-19(14)24-20(15)16;1-19(2,3)13-16-12-17(15-10-8-7-9-11-15)20-14-18(16)21(4,5)6;/h3-9,11-13H,2H2,1H3;7-10,12,14H,13H2,1-6H3;/q2*-1;. The van der Waals surface area contributed by atoms with Crippen LogP contribution in [-0.4, -0.2) is 22.6 Å². The summed E-state index contributed by atoms with van der Waals surface area (Å²) >= 11 is 0. The number of rotatable bonds is 5. The number of aromatic nitrogens is 3. The van der Waals surface area contributed by atoms with Gasteiger partial charge < -0.3 is 14.0 Å². The van der Waals surface area contributed by atoms with E-state index in [0.717, 1.165) is 68.6 Å². The van der Waals surface area contributed by atoms with Gasteiger partial charge in [0, 0.05) is 38.2 Å². The Morgan fingerprint density at radius 1 is 0.848 bits per heavy atom. The van der Waals surface area contributed by atoms with Gasteiger partial charge >= 0.3 is 0 Å². The fraction of sp³-hybridized carbons (Fsp3) is 0.250. The predicted octanol–water partition coefficient (Wildman–Crippen LogP) is 10.1. The molecule has 0 atom stereocenters. The number of para-hydroxylation sites is 3. The van der Waals surface area contributed by atoms with Crippen LogP contribution in [0.5, 0.6) is 0 Å². The average Bonchev–Trinajstić information content (AvgIpc) is 3.59. The second-order valence-electron chi connectivity index (χ2n) is 13.9. The summed E-state index contributed by atoms with van der Waals surface area (Å²) in [4.78, 5) is 9.56. The molecule has 0 aliphatic carbocycles. The first kappa shape index (κ1) is 33.5. The Morgan fingerprint density at radius 3 is 2.30 bits per heavy atom. The minimum Gasteiger partial charge on any atom is -0.501 e. The van der Waals surface area contributed by atoms with Crippen LogP contribution in [-0.2, 0) is 33.1 Å². The molecule has 3 aromatic heterocycles. The second kappa shape index (κ2) is 13.5. The van der Waals surface area contributed by atoms with E-state index in [1.807, 2.05) is 60.7 Å². The molecule has 7 rings (SSSR count). The Hall–Kier alpha value is -3.83. The van der Waals surface area contributed by atoms with E-state index in [-0.39, 0.29) is 25.5 Å². The van der Waals surface area contributed by atoms with E-state index in [4.69, 9.17) is 14.4 Å². The van der Waals surface area contributed by atoms with Gasteiger partial charge in [-0.2, -0.15) is 0 Å². The third-order valence-corrected chi connectivity index (χ3v) is 10.1. The molecule has 0 fully saturated rings. The van der Waals surface area contributed by atoms with Crippen molar-refractivity contribution < 1.29 is 24.5 Å². The van der Waals surface area contributed by atoms with Gasteiger partial charge in [-0.1, -0.05) is 93.3 Å². The van der Waals surface area contributed by atoms with Crippen LogP contribution in [0, 0.1) is 17.5 Å². The van der Waals surface area contributed by atoms with Crippen LogP contribution in [0.3, 0.4) is 0 Å². The summed E-state index contributed by atoms with van der Waals surface area (Å²) in [5.41, 5.74) is 8.66. The molecular formula is C40H41IrN3OSi-2. The van der Waals surface area contributed by atoms with Crippen LogP contribution >= 0.6 is 0 Å². The summed E-state index contributed by atoms with van der Waals surface area (Å²) in [6.45, 7) is 17.1. The van der Waals surface area contributed by atoms with Gasteiger partial charge in [-0.3, -0.25) is 4.98 Å². The summed E-state index contributed by atoms with van der Waals surface area (Å²) in [5.74, 6) is 0.906. The molecule has 0 unspecified atom stereocenters. The van der Waals surface area contributed by atoms with Gasteiger partial charge in [-0.15, -0.1) is 54.1 Å². The Morgan fingerprint density at radius 2 is 1.59 bits per heavy atom. The van der Waals surface area contributed by atoms with Gasteiger partial charge in [0.2, 0.25) is 0 Å². The summed E-state index contributed by atoms with van der Waals surface area (Å²) in [6.07, 6.45) is 3.21. The molecule has 0 saturated carbocycles. The molecule has 0 N–H and O–H groups in total. The maximum atomic E-state index is 6.15. The Kier molecular flexibility index (Phi) is 9.83. The molecule has 0 saturated heterocycles. The number of hydrogen-bond acceptors (Lipinski definition) is 3. The number of nitrogens with zero attached hydrogens (tertiary/aromatic N) is 3. The van der Waals surface area contributed by atoms with Crippen molar-refractivity contribution in [3.8, 4) is 22.6 Å². The topological polar surface area (TPSA) is 43.9 Å². The molecule has 0 aliphatic rings. The van der Waals surface area contributed by atoms with Crippen LogP contribution < -0.4 is 5.19 Å². The fourth-order valence-corrected chi connectivity index (χ4v) is 7.61. The monoisotopic (exact) mass is 800 g/mol. The number of pyridine rings is 1. The van der Waals surface area contributed by atoms with Crippen molar-refractivity contribution in [2.24, 2.45) is 5.41 Å². The summed E-state index contributed by atoms with van der Waals surface area (Å²) in [5, 5.41) is 3.72. The van der Waals surface area contributed by atoms with Crippen molar-refractivity contribution in [1.29, 1.82) is 0 Å². The molecule has 0 aliphatic heterocycles. The predicted molar refractivity (Wildman–Crippen MR) is 192 cm³/mol. The number of hydrogen-bond donors (Lipinski definition) is 0. The van der Waals surface area contributed by atoms with Gasteiger partial charge in [-0.05, 0) is 47.8 Å². The van der Waals surface area contributed by atoms with Crippen molar-refractivity contribution in [1.82, 2.24) is 14.5 Å². The first-order valence-corrected chi connectivity index (χ1v) is 19.3. The van der Waals surface area contributed by atoms with Crippen molar-refractivity contribution in [3.63, 3.8) is 0 Å². The van der Waals surface area contributed by atoms with E-state index >= 15 is 0 Å². The second-order valence-corrected chi connectivity index (χ2v) is 18.9. The van der Waals surface area contributed by atoms with E-state index in [0.29, 0.717) is 0 Å². The number of furan rings is 1. The van der Waals surface area contributed by atoms with Crippen molar-refractivity contribution >= 4 is 46.2 Å². The van der Waals surface area contributed by atoms with E-state index in [1.165, 1.54) is 10.8 Å². The van der Waals surface area contributed by atoms with E-state index < -0.39 is 8.07 Å². The van der Waals surface area contributed by atoms with Crippen molar-refractivity contribution in [2.75, 3.05) is 0 Å². The Bertz CT molecular complexity index is 2100. The summed E-state index contributed by atoms with van der Waals surface area (Å²) < 4.78 is 8.36. The molecule has 0 bridgehead atoms.